The first-order valence-electron chi connectivity index (χ1n) is 9.52. The average Bonchev–Trinajstić information content (AvgIpc) is 2.72. The molecule has 0 unspecified atom stereocenters. The van der Waals surface area contributed by atoms with Crippen molar-refractivity contribution in [1.29, 1.82) is 0 Å². The monoisotopic (exact) mass is 385 g/mol. The molecule has 1 aromatic heterocycles. The normalized spacial score (nSPS) is 15.4. The van der Waals surface area contributed by atoms with Gasteiger partial charge in [-0.05, 0) is 30.2 Å². The summed E-state index contributed by atoms with van der Waals surface area (Å²) >= 11 is 0. The maximum atomic E-state index is 13.1. The Bertz CT molecular complexity index is 803. The maximum Gasteiger partial charge on any atom is 0.251 e. The number of amides is 2. The van der Waals surface area contributed by atoms with Crippen LogP contribution in [0.3, 0.4) is 0 Å². The van der Waals surface area contributed by atoms with Gasteiger partial charge in [-0.25, -0.2) is 9.37 Å². The summed E-state index contributed by atoms with van der Waals surface area (Å²) in [6.07, 6.45) is 3.76. The van der Waals surface area contributed by atoms with E-state index in [0.717, 1.165) is 18.8 Å². The summed E-state index contributed by atoms with van der Waals surface area (Å²) in [5, 5.41) is 2.82. The van der Waals surface area contributed by atoms with E-state index in [1.165, 1.54) is 24.3 Å². The van der Waals surface area contributed by atoms with E-state index in [0.29, 0.717) is 18.7 Å². The molecule has 0 aliphatic carbocycles. The number of aromatic amines is 1. The molecule has 7 heteroatoms. The number of piperazine rings is 1. The van der Waals surface area contributed by atoms with Crippen LogP contribution in [-0.4, -0.2) is 48.9 Å². The summed E-state index contributed by atoms with van der Waals surface area (Å²) in [5.74, 6) is -0.903. The highest BCUT2D eigenvalue weighted by molar-refractivity contribution is 5.97. The lowest BCUT2D eigenvalue weighted by atomic mass is 10.0. The molecule has 2 N–H and O–H groups in total. The Morgan fingerprint density at radius 1 is 1.00 bits per heavy atom. The van der Waals surface area contributed by atoms with Gasteiger partial charge in [0.2, 0.25) is 5.91 Å². The smallest absolute Gasteiger partial charge is 0.251 e. The largest absolute Gasteiger partial charge is 0.368 e. The van der Waals surface area contributed by atoms with Crippen LogP contribution in [0.25, 0.3) is 0 Å². The van der Waals surface area contributed by atoms with Crippen molar-refractivity contribution in [2.75, 3.05) is 31.1 Å². The molecular weight excluding hydrogens is 359 g/mol. The SMILES string of the molecule is CC(C)[C@H](NC(=O)c1ccc(F)cc1)C(=O)N1CCN(c2cc[nH+]cc2)CC1. The molecule has 0 saturated carbocycles. The van der Waals surface area contributed by atoms with E-state index in [-0.39, 0.29) is 17.7 Å². The molecule has 6 nitrogen and oxygen atoms in total. The Kier molecular flexibility index (Phi) is 6.23. The van der Waals surface area contributed by atoms with Gasteiger partial charge in [-0.2, -0.15) is 0 Å². The standard InChI is InChI=1S/C21H25FN4O2/c1-15(2)19(24-20(27)16-3-5-17(22)6-4-16)21(28)26-13-11-25(12-14-26)18-7-9-23-10-8-18/h3-10,15,19H,11-14H2,1-2H3,(H,24,27)/p+1/t19-/m0/s1. The van der Waals surface area contributed by atoms with Crippen molar-refractivity contribution in [3.05, 3.63) is 60.2 Å². The van der Waals surface area contributed by atoms with Gasteiger partial charge in [-0.3, -0.25) is 9.59 Å². The van der Waals surface area contributed by atoms with Crippen molar-refractivity contribution in [2.45, 2.75) is 19.9 Å². The van der Waals surface area contributed by atoms with Gasteiger partial charge in [-0.15, -0.1) is 0 Å². The summed E-state index contributed by atoms with van der Waals surface area (Å²) in [6, 6.07) is 8.72. The third-order valence-electron chi connectivity index (χ3n) is 4.98. The maximum absolute atomic E-state index is 13.1. The van der Waals surface area contributed by atoms with Crippen molar-refractivity contribution in [1.82, 2.24) is 10.2 Å². The van der Waals surface area contributed by atoms with E-state index in [1.54, 1.807) is 4.90 Å². The first kappa shape index (κ1) is 19.8. The molecule has 1 aliphatic heterocycles. The highest BCUT2D eigenvalue weighted by Crippen LogP contribution is 2.16. The number of rotatable bonds is 5. The van der Waals surface area contributed by atoms with Gasteiger partial charge in [-0.1, -0.05) is 13.8 Å². The number of nitrogens with zero attached hydrogens (tertiary/aromatic N) is 2. The molecule has 0 spiro atoms. The van der Waals surface area contributed by atoms with Gasteiger partial charge in [0, 0.05) is 49.6 Å². The van der Waals surface area contributed by atoms with Crippen molar-refractivity contribution in [3.8, 4) is 0 Å². The van der Waals surface area contributed by atoms with Gasteiger partial charge in [0.15, 0.2) is 12.4 Å². The number of carbonyl (C=O) groups is 2. The number of hydrogen-bond donors (Lipinski definition) is 1. The number of benzene rings is 1. The number of anilines is 1. The third-order valence-corrected chi connectivity index (χ3v) is 4.98. The molecule has 2 heterocycles. The van der Waals surface area contributed by atoms with Crippen molar-refractivity contribution < 1.29 is 19.0 Å². The molecule has 28 heavy (non-hydrogen) atoms. The summed E-state index contributed by atoms with van der Waals surface area (Å²) in [4.78, 5) is 32.6. The lowest BCUT2D eigenvalue weighted by molar-refractivity contribution is -0.377. The van der Waals surface area contributed by atoms with E-state index in [2.05, 4.69) is 15.2 Å². The van der Waals surface area contributed by atoms with E-state index < -0.39 is 11.9 Å². The molecular formula is C21H26FN4O2+. The number of halogens is 1. The Morgan fingerprint density at radius 2 is 1.61 bits per heavy atom. The van der Waals surface area contributed by atoms with Crippen LogP contribution in [0.1, 0.15) is 24.2 Å². The van der Waals surface area contributed by atoms with E-state index >= 15 is 0 Å². The first-order valence-corrected chi connectivity index (χ1v) is 9.52. The average molecular weight is 385 g/mol. The number of hydrogen-bond acceptors (Lipinski definition) is 3. The van der Waals surface area contributed by atoms with Crippen LogP contribution >= 0.6 is 0 Å². The zero-order valence-electron chi connectivity index (χ0n) is 16.2. The number of nitrogens with one attached hydrogen (secondary N) is 2. The van der Waals surface area contributed by atoms with Crippen molar-refractivity contribution in [2.24, 2.45) is 5.92 Å². The number of carbonyl (C=O) groups excluding carboxylic acids is 2. The fourth-order valence-electron chi connectivity index (χ4n) is 3.31. The highest BCUT2D eigenvalue weighted by atomic mass is 19.1. The molecule has 1 aliphatic rings. The quantitative estimate of drug-likeness (QED) is 0.853. The minimum atomic E-state index is -0.615. The van der Waals surface area contributed by atoms with Crippen molar-refractivity contribution >= 4 is 17.5 Å². The number of aromatic nitrogens is 1. The topological polar surface area (TPSA) is 66.8 Å². The van der Waals surface area contributed by atoms with Crippen LogP contribution in [0.5, 0.6) is 0 Å². The molecule has 1 atom stereocenters. The van der Waals surface area contributed by atoms with Crippen LogP contribution < -0.4 is 15.2 Å². The van der Waals surface area contributed by atoms with Gasteiger partial charge in [0.25, 0.3) is 5.91 Å². The lowest BCUT2D eigenvalue weighted by Gasteiger charge is -2.38. The van der Waals surface area contributed by atoms with Crippen LogP contribution in [0.15, 0.2) is 48.8 Å². The number of H-pyrrole nitrogens is 1. The van der Waals surface area contributed by atoms with Crippen molar-refractivity contribution in [3.63, 3.8) is 0 Å². The molecule has 0 bridgehead atoms. The van der Waals surface area contributed by atoms with E-state index in [1.807, 2.05) is 38.4 Å². The van der Waals surface area contributed by atoms with Gasteiger partial charge in [0.1, 0.15) is 11.9 Å². The highest BCUT2D eigenvalue weighted by Gasteiger charge is 2.31. The van der Waals surface area contributed by atoms with E-state index in [9.17, 15) is 14.0 Å². The number of pyridine rings is 1. The van der Waals surface area contributed by atoms with Crippen LogP contribution in [0.2, 0.25) is 0 Å². The molecule has 0 radical (unpaired) electrons. The molecule has 2 amide bonds. The van der Waals surface area contributed by atoms with Crippen LogP contribution in [0, 0.1) is 11.7 Å². The summed E-state index contributed by atoms with van der Waals surface area (Å²) in [6.45, 7) is 6.51. The summed E-state index contributed by atoms with van der Waals surface area (Å²) in [7, 11) is 0. The molecule has 148 valence electrons. The van der Waals surface area contributed by atoms with Gasteiger partial charge in [0.05, 0.1) is 0 Å². The molecule has 2 aromatic rings. The minimum Gasteiger partial charge on any atom is -0.368 e. The lowest BCUT2D eigenvalue weighted by Crippen LogP contribution is -2.56. The van der Waals surface area contributed by atoms with E-state index in [4.69, 9.17) is 0 Å². The molecule has 3 rings (SSSR count). The predicted octanol–water partition coefficient (Wildman–Crippen LogP) is 1.74. The zero-order valence-corrected chi connectivity index (χ0v) is 16.2. The Labute approximate surface area is 164 Å². The Hall–Kier alpha value is -2.96. The Balaban J connectivity index is 1.62. The third kappa shape index (κ3) is 4.65. The fraction of sp³-hybridized carbons (Fsp3) is 0.381. The van der Waals surface area contributed by atoms with Gasteiger partial charge < -0.3 is 15.1 Å². The fourth-order valence-corrected chi connectivity index (χ4v) is 3.31. The second-order valence-electron chi connectivity index (χ2n) is 7.27. The second-order valence-corrected chi connectivity index (χ2v) is 7.27. The van der Waals surface area contributed by atoms with Gasteiger partial charge >= 0.3 is 0 Å². The first-order chi connectivity index (χ1) is 13.5. The van der Waals surface area contributed by atoms with Crippen LogP contribution in [0.4, 0.5) is 10.1 Å². The Morgan fingerprint density at radius 3 is 2.18 bits per heavy atom. The minimum absolute atomic E-state index is 0.0559. The second kappa shape index (κ2) is 8.82. The molecule has 1 fully saturated rings. The van der Waals surface area contributed by atoms with Crippen LogP contribution in [-0.2, 0) is 4.79 Å². The predicted molar refractivity (Wildman–Crippen MR) is 104 cm³/mol. The molecule has 1 saturated heterocycles. The summed E-state index contributed by atoms with van der Waals surface area (Å²) in [5.41, 5.74) is 1.46. The molecule has 1 aromatic carbocycles. The summed E-state index contributed by atoms with van der Waals surface area (Å²) < 4.78 is 13.1. The zero-order chi connectivity index (χ0) is 20.1.